The van der Waals surface area contributed by atoms with E-state index in [1.807, 2.05) is 0 Å². The summed E-state index contributed by atoms with van der Waals surface area (Å²) in [6.07, 6.45) is 3.50. The van der Waals surface area contributed by atoms with Gasteiger partial charge in [-0.15, -0.1) is 0 Å². The van der Waals surface area contributed by atoms with E-state index in [9.17, 15) is 18.4 Å². The molecule has 5 rings (SSSR count). The van der Waals surface area contributed by atoms with Crippen LogP contribution in [0.25, 0.3) is 17.0 Å². The molecule has 2 N–H and O–H groups in total. The van der Waals surface area contributed by atoms with Crippen molar-refractivity contribution in [2.75, 3.05) is 18.0 Å². The molecule has 0 atom stereocenters. The normalized spacial score (nSPS) is 20.2. The molecule has 134 valence electrons. The monoisotopic (exact) mass is 361 g/mol. The van der Waals surface area contributed by atoms with Gasteiger partial charge in [-0.3, -0.25) is 9.78 Å². The predicted molar refractivity (Wildman–Crippen MR) is 86.3 cm³/mol. The number of aromatic amines is 2. The molecule has 3 aromatic heterocycles. The van der Waals surface area contributed by atoms with Crippen molar-refractivity contribution in [1.82, 2.24) is 29.5 Å². The molecular formula is C15H13F2N7O2. The van der Waals surface area contributed by atoms with Crippen LogP contribution in [0.2, 0.25) is 0 Å². The molecule has 3 aromatic rings. The largest absolute Gasteiger partial charge is 0.350 e. The van der Waals surface area contributed by atoms with E-state index in [1.54, 1.807) is 4.90 Å². The van der Waals surface area contributed by atoms with Gasteiger partial charge in [0.2, 0.25) is 0 Å². The average molecular weight is 361 g/mol. The third kappa shape index (κ3) is 2.02. The zero-order valence-electron chi connectivity index (χ0n) is 13.4. The maximum absolute atomic E-state index is 14.4. The number of aromatic nitrogens is 6. The van der Waals surface area contributed by atoms with Gasteiger partial charge in [0.1, 0.15) is 12.1 Å². The Kier molecular flexibility index (Phi) is 2.77. The van der Waals surface area contributed by atoms with Crippen molar-refractivity contribution in [2.24, 2.45) is 5.41 Å². The second kappa shape index (κ2) is 4.74. The highest BCUT2D eigenvalue weighted by Gasteiger charge is 2.67. The van der Waals surface area contributed by atoms with E-state index in [4.69, 9.17) is 0 Å². The maximum Gasteiger partial charge on any atom is 0.325 e. The van der Waals surface area contributed by atoms with Gasteiger partial charge in [-0.25, -0.2) is 18.6 Å². The molecule has 1 aliphatic heterocycles. The molecule has 11 heteroatoms. The fraction of sp³-hybridized carbons (Fsp3) is 0.400. The van der Waals surface area contributed by atoms with E-state index in [2.05, 4.69) is 25.0 Å². The van der Waals surface area contributed by atoms with Crippen LogP contribution in [0.5, 0.6) is 0 Å². The van der Waals surface area contributed by atoms with E-state index >= 15 is 0 Å². The first kappa shape index (κ1) is 15.2. The van der Waals surface area contributed by atoms with Gasteiger partial charge in [0.15, 0.2) is 0 Å². The Labute approximate surface area is 143 Å². The van der Waals surface area contributed by atoms with Crippen molar-refractivity contribution in [3.8, 4) is 11.3 Å². The summed E-state index contributed by atoms with van der Waals surface area (Å²) in [7, 11) is 0. The van der Waals surface area contributed by atoms with Crippen molar-refractivity contribution in [2.45, 2.75) is 18.8 Å². The molecular weight excluding hydrogens is 348 g/mol. The lowest BCUT2D eigenvalue weighted by molar-refractivity contribution is -0.0334. The number of alkyl halides is 2. The average Bonchev–Trinajstić information content (AvgIpc) is 3.13. The minimum Gasteiger partial charge on any atom is -0.350 e. The summed E-state index contributed by atoms with van der Waals surface area (Å²) in [6.45, 7) is -0.214. The number of halogens is 2. The van der Waals surface area contributed by atoms with Crippen LogP contribution in [0.15, 0.2) is 28.2 Å². The van der Waals surface area contributed by atoms with Gasteiger partial charge in [-0.2, -0.15) is 14.6 Å². The van der Waals surface area contributed by atoms with Gasteiger partial charge >= 0.3 is 5.69 Å². The molecule has 4 heterocycles. The maximum atomic E-state index is 14.4. The summed E-state index contributed by atoms with van der Waals surface area (Å²) in [5.74, 6) is -2.21. The standard InChI is InChI=1S/C15H13F2N7O2/c16-15(17)6-23(5-14(15)1-2-14)10-3-9(21-12-19-7-20-24(10)12)8-4-18-13(26)22-11(8)25/h3-4,7H,1-2,5-6H2,(H2,18,22,25,26). The van der Waals surface area contributed by atoms with Gasteiger partial charge in [0.05, 0.1) is 23.2 Å². The molecule has 1 saturated heterocycles. The minimum absolute atomic E-state index is 0.114. The van der Waals surface area contributed by atoms with Crippen LogP contribution in [0, 0.1) is 5.41 Å². The fourth-order valence-electron chi connectivity index (χ4n) is 3.54. The molecule has 0 bridgehead atoms. The van der Waals surface area contributed by atoms with Gasteiger partial charge in [0, 0.05) is 18.8 Å². The van der Waals surface area contributed by atoms with Crippen molar-refractivity contribution in [1.29, 1.82) is 0 Å². The van der Waals surface area contributed by atoms with Crippen molar-refractivity contribution in [3.63, 3.8) is 0 Å². The lowest BCUT2D eigenvalue weighted by Gasteiger charge is -2.19. The van der Waals surface area contributed by atoms with Crippen molar-refractivity contribution in [3.05, 3.63) is 39.4 Å². The zero-order chi connectivity index (χ0) is 18.1. The zero-order valence-corrected chi connectivity index (χ0v) is 13.4. The van der Waals surface area contributed by atoms with Crippen LogP contribution >= 0.6 is 0 Å². The third-order valence-electron chi connectivity index (χ3n) is 5.16. The smallest absolute Gasteiger partial charge is 0.325 e. The second-order valence-electron chi connectivity index (χ2n) is 6.80. The molecule has 1 aliphatic carbocycles. The first-order valence-corrected chi connectivity index (χ1v) is 8.05. The van der Waals surface area contributed by atoms with Crippen LogP contribution in [-0.4, -0.2) is 48.6 Å². The van der Waals surface area contributed by atoms with Crippen LogP contribution in [0.4, 0.5) is 14.6 Å². The molecule has 2 aliphatic rings. The molecule has 1 saturated carbocycles. The van der Waals surface area contributed by atoms with Gasteiger partial charge < -0.3 is 9.88 Å². The summed E-state index contributed by atoms with van der Waals surface area (Å²) >= 11 is 0. The quantitative estimate of drug-likeness (QED) is 0.683. The Hall–Kier alpha value is -3.11. The Morgan fingerprint density at radius 2 is 2.00 bits per heavy atom. The number of hydrogen-bond donors (Lipinski definition) is 2. The molecule has 0 amide bonds. The Morgan fingerprint density at radius 1 is 1.19 bits per heavy atom. The van der Waals surface area contributed by atoms with Crippen LogP contribution < -0.4 is 16.1 Å². The third-order valence-corrected chi connectivity index (χ3v) is 5.16. The number of nitrogens with zero attached hydrogens (tertiary/aromatic N) is 5. The highest BCUT2D eigenvalue weighted by Crippen LogP contribution is 2.61. The number of anilines is 1. The fourth-order valence-corrected chi connectivity index (χ4v) is 3.54. The van der Waals surface area contributed by atoms with Crippen molar-refractivity contribution < 1.29 is 8.78 Å². The Balaban J connectivity index is 1.67. The Bertz CT molecular complexity index is 1140. The van der Waals surface area contributed by atoms with Crippen LogP contribution in [0.3, 0.4) is 0 Å². The first-order valence-electron chi connectivity index (χ1n) is 8.05. The highest BCUT2D eigenvalue weighted by molar-refractivity contribution is 5.65. The lowest BCUT2D eigenvalue weighted by atomic mass is 10.0. The molecule has 1 spiro atoms. The molecule has 0 radical (unpaired) electrons. The lowest BCUT2D eigenvalue weighted by Crippen LogP contribution is -2.29. The summed E-state index contributed by atoms with van der Waals surface area (Å²) in [5, 5.41) is 4.06. The van der Waals surface area contributed by atoms with E-state index in [-0.39, 0.29) is 23.6 Å². The molecule has 26 heavy (non-hydrogen) atoms. The van der Waals surface area contributed by atoms with E-state index in [1.165, 1.54) is 23.1 Å². The molecule has 2 fully saturated rings. The number of rotatable bonds is 2. The summed E-state index contributed by atoms with van der Waals surface area (Å²) in [5.41, 5.74) is -1.90. The van der Waals surface area contributed by atoms with Gasteiger partial charge in [-0.1, -0.05) is 0 Å². The SMILES string of the molecule is O=c1[nH]cc(-c2cc(N3CC(F)(F)C4(CC4)C3)n3ncnc3n2)c(=O)[nH]1. The predicted octanol–water partition coefficient (Wildman–Crippen LogP) is 0.403. The summed E-state index contributed by atoms with van der Waals surface area (Å²) < 4.78 is 30.1. The molecule has 9 nitrogen and oxygen atoms in total. The first-order chi connectivity index (χ1) is 12.4. The molecule has 0 aromatic carbocycles. The number of hydrogen-bond acceptors (Lipinski definition) is 6. The number of fused-ring (bicyclic) bond motifs is 1. The Morgan fingerprint density at radius 3 is 2.69 bits per heavy atom. The van der Waals surface area contributed by atoms with Crippen LogP contribution in [-0.2, 0) is 0 Å². The van der Waals surface area contributed by atoms with E-state index in [0.29, 0.717) is 18.7 Å². The minimum atomic E-state index is -2.78. The topological polar surface area (TPSA) is 112 Å². The van der Waals surface area contributed by atoms with Gasteiger partial charge in [-0.05, 0) is 12.8 Å². The highest BCUT2D eigenvalue weighted by atomic mass is 19.3. The number of nitrogens with one attached hydrogen (secondary N) is 2. The van der Waals surface area contributed by atoms with Crippen LogP contribution in [0.1, 0.15) is 12.8 Å². The second-order valence-corrected chi connectivity index (χ2v) is 6.80. The number of H-pyrrole nitrogens is 2. The van der Waals surface area contributed by atoms with E-state index < -0.39 is 29.1 Å². The molecule has 0 unspecified atom stereocenters. The summed E-state index contributed by atoms with van der Waals surface area (Å²) in [6, 6.07) is 1.52. The van der Waals surface area contributed by atoms with Gasteiger partial charge in [0.25, 0.3) is 17.3 Å². The summed E-state index contributed by atoms with van der Waals surface area (Å²) in [4.78, 5) is 37.6. The van der Waals surface area contributed by atoms with E-state index in [0.717, 1.165) is 0 Å². The van der Waals surface area contributed by atoms with Crippen molar-refractivity contribution >= 4 is 11.6 Å².